The molecule has 2 N–H and O–H groups in total. The van der Waals surface area contributed by atoms with Crippen molar-refractivity contribution in [2.24, 2.45) is 11.7 Å². The zero-order valence-corrected chi connectivity index (χ0v) is 9.67. The lowest BCUT2D eigenvalue weighted by Gasteiger charge is -2.27. The quantitative estimate of drug-likeness (QED) is 0.806. The average Bonchev–Trinajstić information content (AvgIpc) is 2.61. The predicted octanol–water partition coefficient (Wildman–Crippen LogP) is 0.761. The average molecular weight is 254 g/mol. The third-order valence-corrected chi connectivity index (χ3v) is 2.71. The smallest absolute Gasteiger partial charge is 0.368 e. The minimum absolute atomic E-state index is 0.00290. The first-order valence-corrected chi connectivity index (χ1v) is 5.52. The molecule has 100 valence electrons. The summed E-state index contributed by atoms with van der Waals surface area (Å²) in [6, 6.07) is 0. The van der Waals surface area contributed by atoms with Crippen LogP contribution in [0.15, 0.2) is 0 Å². The predicted molar refractivity (Wildman–Crippen MR) is 55.2 cm³/mol. The molecule has 0 bridgehead atoms. The first kappa shape index (κ1) is 14.2. The van der Waals surface area contributed by atoms with Crippen LogP contribution in [0.25, 0.3) is 0 Å². The van der Waals surface area contributed by atoms with Crippen molar-refractivity contribution in [3.8, 4) is 0 Å². The molecule has 0 aliphatic carbocycles. The van der Waals surface area contributed by atoms with Gasteiger partial charge in [-0.15, -0.1) is 0 Å². The van der Waals surface area contributed by atoms with Gasteiger partial charge in [0.15, 0.2) is 0 Å². The molecule has 1 aliphatic rings. The maximum atomic E-state index is 12.3. The summed E-state index contributed by atoms with van der Waals surface area (Å²) in [5.74, 6) is -0.659. The largest absolute Gasteiger partial charge is 0.406 e. The molecule has 0 aromatic heterocycles. The van der Waals surface area contributed by atoms with Gasteiger partial charge >= 0.3 is 6.18 Å². The van der Waals surface area contributed by atoms with E-state index in [0.29, 0.717) is 13.0 Å². The number of carbonyl (C=O) groups is 1. The molecular formula is C10H17F3N2O2. The van der Waals surface area contributed by atoms with E-state index in [1.165, 1.54) is 0 Å². The second-order valence-electron chi connectivity index (χ2n) is 4.22. The molecule has 0 aromatic carbocycles. The molecule has 0 spiro atoms. The number of rotatable bonds is 4. The fourth-order valence-corrected chi connectivity index (χ4v) is 1.83. The maximum absolute atomic E-state index is 12.3. The molecule has 0 radical (unpaired) electrons. The summed E-state index contributed by atoms with van der Waals surface area (Å²) in [5, 5.41) is 0. The van der Waals surface area contributed by atoms with E-state index in [1.54, 1.807) is 6.92 Å². The SMILES string of the molecule is CC1CCOC1C(=O)N(CCN)CC(F)(F)F. The highest BCUT2D eigenvalue weighted by Crippen LogP contribution is 2.24. The zero-order valence-electron chi connectivity index (χ0n) is 9.67. The molecule has 7 heteroatoms. The normalized spacial score (nSPS) is 25.0. The molecule has 1 saturated heterocycles. The van der Waals surface area contributed by atoms with E-state index in [-0.39, 0.29) is 19.0 Å². The number of carbonyl (C=O) groups excluding carboxylic acids is 1. The van der Waals surface area contributed by atoms with E-state index in [0.717, 1.165) is 4.90 Å². The minimum atomic E-state index is -4.41. The Balaban J connectivity index is 2.66. The monoisotopic (exact) mass is 254 g/mol. The summed E-state index contributed by atoms with van der Waals surface area (Å²) in [6.07, 6.45) is -4.48. The maximum Gasteiger partial charge on any atom is 0.406 e. The van der Waals surface area contributed by atoms with Crippen molar-refractivity contribution in [1.29, 1.82) is 0 Å². The summed E-state index contributed by atoms with van der Waals surface area (Å²) in [5.41, 5.74) is 5.22. The van der Waals surface area contributed by atoms with Crippen LogP contribution in [0.2, 0.25) is 0 Å². The fourth-order valence-electron chi connectivity index (χ4n) is 1.83. The first-order valence-electron chi connectivity index (χ1n) is 5.52. The number of nitrogens with two attached hydrogens (primary N) is 1. The lowest BCUT2D eigenvalue weighted by Crippen LogP contribution is -2.47. The third kappa shape index (κ3) is 4.16. The summed E-state index contributed by atoms with van der Waals surface area (Å²) in [4.78, 5) is 12.6. The number of halogens is 3. The van der Waals surface area contributed by atoms with E-state index in [1.807, 2.05) is 0 Å². The molecule has 0 aromatic rings. The molecule has 1 aliphatic heterocycles. The molecule has 1 amide bonds. The van der Waals surface area contributed by atoms with Gasteiger partial charge in [0.2, 0.25) is 0 Å². The van der Waals surface area contributed by atoms with Gasteiger partial charge in [0.1, 0.15) is 12.6 Å². The molecule has 17 heavy (non-hydrogen) atoms. The highest BCUT2D eigenvalue weighted by molar-refractivity contribution is 5.81. The number of nitrogens with zero attached hydrogens (tertiary/aromatic N) is 1. The van der Waals surface area contributed by atoms with E-state index < -0.39 is 24.7 Å². The molecule has 0 saturated carbocycles. The van der Waals surface area contributed by atoms with Crippen LogP contribution in [-0.4, -0.2) is 49.3 Å². The Morgan fingerprint density at radius 1 is 1.53 bits per heavy atom. The van der Waals surface area contributed by atoms with Crippen molar-refractivity contribution < 1.29 is 22.7 Å². The molecule has 1 rings (SSSR count). The van der Waals surface area contributed by atoms with Crippen LogP contribution in [-0.2, 0) is 9.53 Å². The van der Waals surface area contributed by atoms with Crippen LogP contribution in [0.1, 0.15) is 13.3 Å². The van der Waals surface area contributed by atoms with Crippen LogP contribution < -0.4 is 5.73 Å². The van der Waals surface area contributed by atoms with Crippen molar-refractivity contribution in [1.82, 2.24) is 4.90 Å². The number of hydrogen-bond donors (Lipinski definition) is 1. The van der Waals surface area contributed by atoms with Crippen molar-refractivity contribution in [2.75, 3.05) is 26.2 Å². The van der Waals surface area contributed by atoms with Crippen LogP contribution in [0.3, 0.4) is 0 Å². The molecule has 1 fully saturated rings. The molecule has 4 nitrogen and oxygen atoms in total. The van der Waals surface area contributed by atoms with Gasteiger partial charge in [-0.2, -0.15) is 13.2 Å². The van der Waals surface area contributed by atoms with Crippen LogP contribution in [0.4, 0.5) is 13.2 Å². The van der Waals surface area contributed by atoms with Gasteiger partial charge in [0, 0.05) is 19.7 Å². The van der Waals surface area contributed by atoms with E-state index >= 15 is 0 Å². The zero-order chi connectivity index (χ0) is 13.1. The van der Waals surface area contributed by atoms with Gasteiger partial charge < -0.3 is 15.4 Å². The summed E-state index contributed by atoms with van der Waals surface area (Å²) in [7, 11) is 0. The Kier molecular flexibility index (Phi) is 4.76. The van der Waals surface area contributed by atoms with Crippen LogP contribution in [0, 0.1) is 5.92 Å². The van der Waals surface area contributed by atoms with Gasteiger partial charge in [0.05, 0.1) is 0 Å². The second kappa shape index (κ2) is 5.68. The first-order chi connectivity index (χ1) is 7.85. The van der Waals surface area contributed by atoms with Crippen LogP contribution >= 0.6 is 0 Å². The summed E-state index contributed by atoms with van der Waals surface area (Å²) < 4.78 is 42.1. The van der Waals surface area contributed by atoms with Gasteiger partial charge in [-0.25, -0.2) is 0 Å². The highest BCUT2D eigenvalue weighted by atomic mass is 19.4. The van der Waals surface area contributed by atoms with Crippen molar-refractivity contribution in [2.45, 2.75) is 25.6 Å². The lowest BCUT2D eigenvalue weighted by molar-refractivity contribution is -0.167. The third-order valence-electron chi connectivity index (χ3n) is 2.71. The topological polar surface area (TPSA) is 55.6 Å². The standard InChI is InChI=1S/C10H17F3N2O2/c1-7-2-5-17-8(7)9(16)15(4-3-14)6-10(11,12)13/h7-8H,2-6,14H2,1H3. The minimum Gasteiger partial charge on any atom is -0.368 e. The van der Waals surface area contributed by atoms with Crippen LogP contribution in [0.5, 0.6) is 0 Å². The van der Waals surface area contributed by atoms with Gasteiger partial charge in [-0.3, -0.25) is 4.79 Å². The Morgan fingerprint density at radius 2 is 2.18 bits per heavy atom. The summed E-state index contributed by atoms with van der Waals surface area (Å²) >= 11 is 0. The van der Waals surface area contributed by atoms with Crippen molar-refractivity contribution >= 4 is 5.91 Å². The fraction of sp³-hybridized carbons (Fsp3) is 0.900. The van der Waals surface area contributed by atoms with Gasteiger partial charge in [0.25, 0.3) is 5.91 Å². The Morgan fingerprint density at radius 3 is 2.59 bits per heavy atom. The molecular weight excluding hydrogens is 237 g/mol. The molecule has 2 unspecified atom stereocenters. The Bertz CT molecular complexity index is 271. The van der Waals surface area contributed by atoms with Crippen molar-refractivity contribution in [3.63, 3.8) is 0 Å². The molecule has 2 atom stereocenters. The number of alkyl halides is 3. The van der Waals surface area contributed by atoms with Gasteiger partial charge in [-0.05, 0) is 12.3 Å². The highest BCUT2D eigenvalue weighted by Gasteiger charge is 2.38. The number of hydrogen-bond acceptors (Lipinski definition) is 3. The van der Waals surface area contributed by atoms with Gasteiger partial charge in [-0.1, -0.05) is 6.92 Å². The second-order valence-corrected chi connectivity index (χ2v) is 4.22. The van der Waals surface area contributed by atoms with E-state index in [9.17, 15) is 18.0 Å². The Hall–Kier alpha value is -0.820. The molecule has 1 heterocycles. The van der Waals surface area contributed by atoms with Crippen molar-refractivity contribution in [3.05, 3.63) is 0 Å². The lowest BCUT2D eigenvalue weighted by atomic mass is 10.0. The number of amides is 1. The van der Waals surface area contributed by atoms with E-state index in [4.69, 9.17) is 10.5 Å². The summed E-state index contributed by atoms with van der Waals surface area (Å²) in [6.45, 7) is 0.841. The Labute approximate surface area is 97.9 Å². The van der Waals surface area contributed by atoms with E-state index in [2.05, 4.69) is 0 Å². The number of ether oxygens (including phenoxy) is 1.